The van der Waals surface area contributed by atoms with E-state index < -0.39 is 0 Å². The first-order valence-corrected chi connectivity index (χ1v) is 12.8. The van der Waals surface area contributed by atoms with E-state index in [1.54, 1.807) is 12.4 Å². The molecule has 0 radical (unpaired) electrons. The standard InChI is InChI=1S/C27H39ClN2O/c1-3-5-7-9-21-11-13-22(14-12-21)20-31-25-18-29-27(30-19-25)24-16-15-23(26(28)17-24)10-8-6-4-2/h15-19,21-22H,3-14,20H2,1-2H3. The van der Waals surface area contributed by atoms with E-state index in [0.717, 1.165) is 35.3 Å². The molecule has 0 aliphatic heterocycles. The average Bonchev–Trinajstić information content (AvgIpc) is 2.80. The summed E-state index contributed by atoms with van der Waals surface area (Å²) in [5.74, 6) is 3.06. The molecule has 4 heteroatoms. The highest BCUT2D eigenvalue weighted by Gasteiger charge is 2.21. The molecule has 3 rings (SSSR count). The van der Waals surface area contributed by atoms with Crippen molar-refractivity contribution < 1.29 is 4.74 Å². The highest BCUT2D eigenvalue weighted by Crippen LogP contribution is 2.32. The number of rotatable bonds is 12. The fraction of sp³-hybridized carbons (Fsp3) is 0.630. The van der Waals surface area contributed by atoms with Crippen molar-refractivity contribution in [1.82, 2.24) is 9.97 Å². The van der Waals surface area contributed by atoms with E-state index in [4.69, 9.17) is 16.3 Å². The SMILES string of the molecule is CCCCCc1ccc(-c2ncc(OCC3CCC(CCCCC)CC3)cn2)cc1Cl. The quantitative estimate of drug-likeness (QED) is 0.310. The summed E-state index contributed by atoms with van der Waals surface area (Å²) in [6.45, 7) is 5.28. The van der Waals surface area contributed by atoms with Crippen LogP contribution in [0, 0.1) is 11.8 Å². The zero-order valence-corrected chi connectivity index (χ0v) is 20.2. The lowest BCUT2D eigenvalue weighted by atomic mass is 9.80. The van der Waals surface area contributed by atoms with E-state index in [1.807, 2.05) is 6.07 Å². The maximum atomic E-state index is 6.49. The molecule has 0 N–H and O–H groups in total. The van der Waals surface area contributed by atoms with Gasteiger partial charge >= 0.3 is 0 Å². The van der Waals surface area contributed by atoms with Crippen LogP contribution in [0.15, 0.2) is 30.6 Å². The highest BCUT2D eigenvalue weighted by atomic mass is 35.5. The maximum Gasteiger partial charge on any atom is 0.159 e. The fourth-order valence-electron chi connectivity index (χ4n) is 4.58. The minimum absolute atomic E-state index is 0.668. The minimum atomic E-state index is 0.668. The predicted octanol–water partition coefficient (Wildman–Crippen LogP) is 8.30. The van der Waals surface area contributed by atoms with Gasteiger partial charge in [-0.1, -0.05) is 88.9 Å². The molecule has 1 heterocycles. The molecule has 0 bridgehead atoms. The van der Waals surface area contributed by atoms with Crippen molar-refractivity contribution in [3.8, 4) is 17.1 Å². The molecule has 0 spiro atoms. The lowest BCUT2D eigenvalue weighted by Crippen LogP contribution is -2.20. The zero-order valence-electron chi connectivity index (χ0n) is 19.4. The monoisotopic (exact) mass is 442 g/mol. The van der Waals surface area contributed by atoms with Crippen LogP contribution < -0.4 is 4.74 Å². The number of aromatic nitrogens is 2. The second kappa shape index (κ2) is 13.1. The summed E-state index contributed by atoms with van der Waals surface area (Å²) in [6.07, 6.45) is 19.1. The molecule has 1 aromatic heterocycles. The van der Waals surface area contributed by atoms with Gasteiger partial charge in [0.05, 0.1) is 19.0 Å². The van der Waals surface area contributed by atoms with Gasteiger partial charge in [-0.25, -0.2) is 9.97 Å². The first-order chi connectivity index (χ1) is 15.2. The van der Waals surface area contributed by atoms with Gasteiger partial charge in [-0.2, -0.15) is 0 Å². The smallest absolute Gasteiger partial charge is 0.159 e. The van der Waals surface area contributed by atoms with Gasteiger partial charge in [0.1, 0.15) is 0 Å². The van der Waals surface area contributed by atoms with Gasteiger partial charge in [0.15, 0.2) is 11.6 Å². The van der Waals surface area contributed by atoms with E-state index in [9.17, 15) is 0 Å². The third-order valence-corrected chi connectivity index (χ3v) is 7.01. The van der Waals surface area contributed by atoms with E-state index in [1.165, 1.54) is 76.2 Å². The molecule has 1 aliphatic rings. The zero-order chi connectivity index (χ0) is 21.9. The van der Waals surface area contributed by atoms with Crippen molar-refractivity contribution in [2.24, 2.45) is 11.8 Å². The Balaban J connectivity index is 1.45. The summed E-state index contributed by atoms with van der Waals surface area (Å²) >= 11 is 6.49. The van der Waals surface area contributed by atoms with E-state index in [2.05, 4.69) is 35.9 Å². The molecule has 1 fully saturated rings. The number of hydrogen-bond acceptors (Lipinski definition) is 3. The number of unbranched alkanes of at least 4 members (excludes halogenated alkanes) is 4. The van der Waals surface area contributed by atoms with E-state index >= 15 is 0 Å². The fourth-order valence-corrected chi connectivity index (χ4v) is 4.85. The Morgan fingerprint density at radius 3 is 2.26 bits per heavy atom. The van der Waals surface area contributed by atoms with Crippen LogP contribution in [0.5, 0.6) is 5.75 Å². The van der Waals surface area contributed by atoms with Gasteiger partial charge in [0, 0.05) is 10.6 Å². The first kappa shape index (κ1) is 24.0. The summed E-state index contributed by atoms with van der Waals surface area (Å²) < 4.78 is 6.02. The second-order valence-electron chi connectivity index (χ2n) is 9.20. The average molecular weight is 443 g/mol. The molecular weight excluding hydrogens is 404 g/mol. The lowest BCUT2D eigenvalue weighted by molar-refractivity contribution is 0.177. The molecule has 1 saturated carbocycles. The summed E-state index contributed by atoms with van der Waals surface area (Å²) in [4.78, 5) is 9.04. The van der Waals surface area contributed by atoms with Crippen molar-refractivity contribution in [2.45, 2.75) is 90.9 Å². The second-order valence-corrected chi connectivity index (χ2v) is 9.61. The third kappa shape index (κ3) is 7.79. The van der Waals surface area contributed by atoms with Crippen molar-refractivity contribution in [1.29, 1.82) is 0 Å². The number of halogens is 1. The van der Waals surface area contributed by atoms with Crippen molar-refractivity contribution in [3.63, 3.8) is 0 Å². The van der Waals surface area contributed by atoms with Crippen LogP contribution in [0.3, 0.4) is 0 Å². The number of nitrogens with zero attached hydrogens (tertiary/aromatic N) is 2. The molecule has 3 nitrogen and oxygen atoms in total. The molecule has 0 unspecified atom stereocenters. The van der Waals surface area contributed by atoms with Crippen LogP contribution in [0.1, 0.15) is 90.0 Å². The largest absolute Gasteiger partial charge is 0.490 e. The molecule has 0 saturated heterocycles. The van der Waals surface area contributed by atoms with Crippen molar-refractivity contribution in [3.05, 3.63) is 41.2 Å². The highest BCUT2D eigenvalue weighted by molar-refractivity contribution is 6.31. The lowest BCUT2D eigenvalue weighted by Gasteiger charge is -2.28. The van der Waals surface area contributed by atoms with E-state index in [0.29, 0.717) is 11.7 Å². The topological polar surface area (TPSA) is 35.0 Å². The Hall–Kier alpha value is -1.61. The summed E-state index contributed by atoms with van der Waals surface area (Å²) in [6, 6.07) is 6.17. The van der Waals surface area contributed by atoms with Gasteiger partial charge in [0.25, 0.3) is 0 Å². The number of hydrogen-bond donors (Lipinski definition) is 0. The maximum absolute atomic E-state index is 6.49. The Labute approximate surface area is 194 Å². The number of aryl methyl sites for hydroxylation is 1. The van der Waals surface area contributed by atoms with Crippen LogP contribution in [-0.2, 0) is 6.42 Å². The van der Waals surface area contributed by atoms with Gasteiger partial charge in [-0.05, 0) is 49.1 Å². The van der Waals surface area contributed by atoms with Gasteiger partial charge < -0.3 is 4.74 Å². The predicted molar refractivity (Wildman–Crippen MR) is 131 cm³/mol. The third-order valence-electron chi connectivity index (χ3n) is 6.66. The normalized spacial score (nSPS) is 18.8. The first-order valence-electron chi connectivity index (χ1n) is 12.4. The van der Waals surface area contributed by atoms with Crippen LogP contribution in [0.4, 0.5) is 0 Å². The number of benzene rings is 1. The Morgan fingerprint density at radius 1 is 0.903 bits per heavy atom. The van der Waals surface area contributed by atoms with E-state index in [-0.39, 0.29) is 0 Å². The van der Waals surface area contributed by atoms with Crippen LogP contribution >= 0.6 is 11.6 Å². The molecule has 2 aromatic rings. The summed E-state index contributed by atoms with van der Waals surface area (Å²) in [5, 5.41) is 0.808. The van der Waals surface area contributed by atoms with Gasteiger partial charge in [-0.3, -0.25) is 0 Å². The van der Waals surface area contributed by atoms with Crippen LogP contribution in [0.2, 0.25) is 5.02 Å². The van der Waals surface area contributed by atoms with Gasteiger partial charge in [0.2, 0.25) is 0 Å². The molecule has 170 valence electrons. The van der Waals surface area contributed by atoms with Gasteiger partial charge in [-0.15, -0.1) is 0 Å². The summed E-state index contributed by atoms with van der Waals surface area (Å²) in [7, 11) is 0. The molecule has 0 amide bonds. The number of ether oxygens (including phenoxy) is 1. The van der Waals surface area contributed by atoms with Crippen molar-refractivity contribution in [2.75, 3.05) is 6.61 Å². The minimum Gasteiger partial charge on any atom is -0.490 e. The Kier molecular flexibility index (Phi) is 10.1. The molecule has 31 heavy (non-hydrogen) atoms. The molecule has 0 atom stereocenters. The van der Waals surface area contributed by atoms with Crippen LogP contribution in [0.25, 0.3) is 11.4 Å². The Bertz CT molecular complexity index is 769. The molecule has 1 aliphatic carbocycles. The molecule has 1 aromatic carbocycles. The molecular formula is C27H39ClN2O. The van der Waals surface area contributed by atoms with Crippen molar-refractivity contribution >= 4 is 11.6 Å². The Morgan fingerprint density at radius 2 is 1.58 bits per heavy atom. The summed E-state index contributed by atoms with van der Waals surface area (Å²) in [5.41, 5.74) is 2.16. The van der Waals surface area contributed by atoms with Crippen LogP contribution in [-0.4, -0.2) is 16.6 Å².